The van der Waals surface area contributed by atoms with Crippen LogP contribution in [-0.4, -0.2) is 49.1 Å². The second-order valence-corrected chi connectivity index (χ2v) is 7.42. The number of rotatable bonds is 5. The van der Waals surface area contributed by atoms with Crippen molar-refractivity contribution >= 4 is 41.4 Å². The Morgan fingerprint density at radius 3 is 2.57 bits per heavy atom. The molecule has 28 heavy (non-hydrogen) atoms. The summed E-state index contributed by atoms with van der Waals surface area (Å²) in [6, 6.07) is 12.4. The van der Waals surface area contributed by atoms with E-state index in [1.165, 1.54) is 5.56 Å². The van der Waals surface area contributed by atoms with Gasteiger partial charge in [-0.25, -0.2) is 9.98 Å². The Balaban J connectivity index is 0.00000280. The second kappa shape index (κ2) is 10.6. The molecule has 1 aliphatic rings. The summed E-state index contributed by atoms with van der Waals surface area (Å²) in [7, 11) is 2.16. The van der Waals surface area contributed by atoms with Crippen molar-refractivity contribution < 1.29 is 0 Å². The number of halogens is 1. The summed E-state index contributed by atoms with van der Waals surface area (Å²) in [5, 5.41) is 3.17. The van der Waals surface area contributed by atoms with Crippen LogP contribution in [0.15, 0.2) is 47.6 Å². The zero-order valence-electron chi connectivity index (χ0n) is 16.9. The van der Waals surface area contributed by atoms with Crippen LogP contribution in [0.25, 0.3) is 0 Å². The first kappa shape index (κ1) is 22.4. The normalized spacial score (nSPS) is 15.4. The predicted octanol–water partition coefficient (Wildman–Crippen LogP) is 3.50. The number of piperazine rings is 1. The highest BCUT2D eigenvalue weighted by molar-refractivity contribution is 14.0. The number of hydrogen-bond donors (Lipinski definition) is 2. The highest BCUT2D eigenvalue weighted by Crippen LogP contribution is 2.18. The Hall–Kier alpha value is -1.87. The molecule has 1 saturated heterocycles. The lowest BCUT2D eigenvalue weighted by Gasteiger charge is -2.33. The molecule has 1 aliphatic heterocycles. The quantitative estimate of drug-likeness (QED) is 0.379. The first-order chi connectivity index (χ1) is 13.0. The van der Waals surface area contributed by atoms with E-state index in [9.17, 15) is 0 Å². The van der Waals surface area contributed by atoms with E-state index in [0.717, 1.165) is 43.2 Å². The molecule has 0 atom stereocenters. The van der Waals surface area contributed by atoms with Crippen molar-refractivity contribution in [3.63, 3.8) is 0 Å². The minimum Gasteiger partial charge on any atom is -0.370 e. The van der Waals surface area contributed by atoms with Gasteiger partial charge in [-0.05, 0) is 42.3 Å². The van der Waals surface area contributed by atoms with E-state index >= 15 is 0 Å². The first-order valence-corrected chi connectivity index (χ1v) is 9.56. The molecule has 0 saturated carbocycles. The van der Waals surface area contributed by atoms with Crippen molar-refractivity contribution in [1.29, 1.82) is 0 Å². The van der Waals surface area contributed by atoms with Gasteiger partial charge < -0.3 is 20.9 Å². The SMILES string of the molecule is CC(C)c1cccc(NC(N)=NCc2ccc(N3CCN(C)CC3)nc2)c1.I. The van der Waals surface area contributed by atoms with E-state index in [2.05, 4.69) is 70.3 Å². The van der Waals surface area contributed by atoms with Crippen molar-refractivity contribution in [1.82, 2.24) is 9.88 Å². The second-order valence-electron chi connectivity index (χ2n) is 7.42. The van der Waals surface area contributed by atoms with Gasteiger partial charge in [0.15, 0.2) is 5.96 Å². The number of nitrogens with zero attached hydrogens (tertiary/aromatic N) is 4. The molecule has 0 bridgehead atoms. The van der Waals surface area contributed by atoms with Crippen LogP contribution >= 0.6 is 24.0 Å². The number of anilines is 2. The topological polar surface area (TPSA) is 69.8 Å². The number of pyridine rings is 1. The maximum atomic E-state index is 6.05. The van der Waals surface area contributed by atoms with Crippen LogP contribution in [0, 0.1) is 0 Å². The Labute approximate surface area is 185 Å². The Kier molecular flexibility index (Phi) is 8.50. The molecule has 2 heterocycles. The Bertz CT molecular complexity index is 767. The van der Waals surface area contributed by atoms with Gasteiger partial charge in [0.2, 0.25) is 0 Å². The fourth-order valence-electron chi connectivity index (χ4n) is 3.07. The molecule has 0 amide bonds. The van der Waals surface area contributed by atoms with Gasteiger partial charge in [0.05, 0.1) is 6.54 Å². The number of aromatic nitrogens is 1. The summed E-state index contributed by atoms with van der Waals surface area (Å²) >= 11 is 0. The molecule has 0 unspecified atom stereocenters. The van der Waals surface area contributed by atoms with Crippen molar-refractivity contribution in [3.05, 3.63) is 53.7 Å². The standard InChI is InChI=1S/C21H30N6.HI/c1-16(2)18-5-4-6-19(13-18)25-21(22)24-15-17-7-8-20(23-14-17)27-11-9-26(3)10-12-27;/h4-8,13-14,16H,9-12,15H2,1-3H3,(H3,22,24,25);1H. The van der Waals surface area contributed by atoms with Gasteiger partial charge in [0.25, 0.3) is 0 Å². The summed E-state index contributed by atoms with van der Waals surface area (Å²) in [4.78, 5) is 13.7. The molecule has 1 fully saturated rings. The molecule has 0 aliphatic carbocycles. The Morgan fingerprint density at radius 2 is 1.93 bits per heavy atom. The van der Waals surface area contributed by atoms with Crippen molar-refractivity contribution in [2.24, 2.45) is 10.7 Å². The number of hydrogen-bond acceptors (Lipinski definition) is 4. The molecule has 152 valence electrons. The number of nitrogens with two attached hydrogens (primary N) is 1. The van der Waals surface area contributed by atoms with E-state index in [0.29, 0.717) is 18.4 Å². The van der Waals surface area contributed by atoms with E-state index < -0.39 is 0 Å². The number of benzene rings is 1. The zero-order valence-corrected chi connectivity index (χ0v) is 19.3. The van der Waals surface area contributed by atoms with E-state index in [4.69, 9.17) is 5.73 Å². The lowest BCUT2D eigenvalue weighted by Crippen LogP contribution is -2.44. The van der Waals surface area contributed by atoms with Gasteiger partial charge in [0.1, 0.15) is 5.82 Å². The predicted molar refractivity (Wildman–Crippen MR) is 129 cm³/mol. The van der Waals surface area contributed by atoms with E-state index in [1.807, 2.05) is 18.3 Å². The molecule has 6 nitrogen and oxygen atoms in total. The highest BCUT2D eigenvalue weighted by atomic mass is 127. The third-order valence-corrected chi connectivity index (χ3v) is 4.89. The smallest absolute Gasteiger partial charge is 0.193 e. The first-order valence-electron chi connectivity index (χ1n) is 9.56. The summed E-state index contributed by atoms with van der Waals surface area (Å²) < 4.78 is 0. The minimum absolute atomic E-state index is 0. The number of likely N-dealkylation sites (N-methyl/N-ethyl adjacent to an activating group) is 1. The van der Waals surface area contributed by atoms with Crippen LogP contribution in [0.2, 0.25) is 0 Å². The fraction of sp³-hybridized carbons (Fsp3) is 0.429. The molecule has 0 spiro atoms. The number of aliphatic imine (C=N–C) groups is 1. The summed E-state index contributed by atoms with van der Waals surface area (Å²) in [6.45, 7) is 9.06. The van der Waals surface area contributed by atoms with Crippen molar-refractivity contribution in [2.45, 2.75) is 26.3 Å². The van der Waals surface area contributed by atoms with Crippen LogP contribution in [0.3, 0.4) is 0 Å². The highest BCUT2D eigenvalue weighted by Gasteiger charge is 2.14. The zero-order chi connectivity index (χ0) is 19.2. The molecule has 7 heteroatoms. The van der Waals surface area contributed by atoms with Crippen LogP contribution in [-0.2, 0) is 6.54 Å². The third-order valence-electron chi connectivity index (χ3n) is 4.89. The number of nitrogens with one attached hydrogen (secondary N) is 1. The van der Waals surface area contributed by atoms with Gasteiger partial charge in [-0.15, -0.1) is 24.0 Å². The van der Waals surface area contributed by atoms with Crippen LogP contribution in [0.4, 0.5) is 11.5 Å². The molecular weight excluding hydrogens is 463 g/mol. The van der Waals surface area contributed by atoms with Crippen LogP contribution < -0.4 is 16.0 Å². The average Bonchev–Trinajstić information content (AvgIpc) is 2.68. The van der Waals surface area contributed by atoms with Gasteiger partial charge in [0, 0.05) is 38.1 Å². The third kappa shape index (κ3) is 6.34. The van der Waals surface area contributed by atoms with Gasteiger partial charge >= 0.3 is 0 Å². The molecule has 0 radical (unpaired) electrons. The average molecular weight is 494 g/mol. The van der Waals surface area contributed by atoms with Crippen LogP contribution in [0.1, 0.15) is 30.9 Å². The maximum absolute atomic E-state index is 6.05. The van der Waals surface area contributed by atoms with Crippen molar-refractivity contribution in [3.8, 4) is 0 Å². The monoisotopic (exact) mass is 494 g/mol. The molecule has 3 N–H and O–H groups in total. The summed E-state index contributed by atoms with van der Waals surface area (Å²) in [5.41, 5.74) is 9.33. The van der Waals surface area contributed by atoms with Gasteiger partial charge in [-0.3, -0.25) is 0 Å². The molecule has 2 aromatic rings. The van der Waals surface area contributed by atoms with Crippen molar-refractivity contribution in [2.75, 3.05) is 43.4 Å². The summed E-state index contributed by atoms with van der Waals surface area (Å²) in [6.07, 6.45) is 1.89. The Morgan fingerprint density at radius 1 is 1.18 bits per heavy atom. The number of guanidine groups is 1. The molecule has 3 rings (SSSR count). The lowest BCUT2D eigenvalue weighted by atomic mass is 10.0. The van der Waals surface area contributed by atoms with E-state index in [-0.39, 0.29) is 24.0 Å². The molecule has 1 aromatic carbocycles. The largest absolute Gasteiger partial charge is 0.370 e. The van der Waals surface area contributed by atoms with Crippen LogP contribution in [0.5, 0.6) is 0 Å². The fourth-order valence-corrected chi connectivity index (χ4v) is 3.07. The lowest BCUT2D eigenvalue weighted by molar-refractivity contribution is 0.312. The van der Waals surface area contributed by atoms with Gasteiger partial charge in [-0.2, -0.15) is 0 Å². The minimum atomic E-state index is 0. The maximum Gasteiger partial charge on any atom is 0.193 e. The molecular formula is C21H31IN6. The molecule has 1 aromatic heterocycles. The van der Waals surface area contributed by atoms with E-state index in [1.54, 1.807) is 0 Å². The summed E-state index contributed by atoms with van der Waals surface area (Å²) in [5.74, 6) is 1.93. The van der Waals surface area contributed by atoms with Gasteiger partial charge in [-0.1, -0.05) is 32.0 Å².